The summed E-state index contributed by atoms with van der Waals surface area (Å²) in [6.07, 6.45) is 89.8. The van der Waals surface area contributed by atoms with Crippen molar-refractivity contribution in [3.8, 4) is 0 Å². The Labute approximate surface area is 460 Å². The first-order valence-electron chi connectivity index (χ1n) is 30.0. The molecule has 0 aliphatic heterocycles. The Morgan fingerprint density at radius 3 is 0.960 bits per heavy atom. The molecule has 6 heteroatoms. The van der Waals surface area contributed by atoms with Gasteiger partial charge in [-0.2, -0.15) is 0 Å². The second-order valence-corrected chi connectivity index (χ2v) is 19.2. The average molecular weight is 1030 g/mol. The molecule has 1 atom stereocenters. The van der Waals surface area contributed by atoms with E-state index in [0.717, 1.165) is 109 Å². The van der Waals surface area contributed by atoms with Gasteiger partial charge in [0.05, 0.1) is 6.42 Å². The molecule has 0 amide bonds. The third-order valence-corrected chi connectivity index (χ3v) is 12.0. The van der Waals surface area contributed by atoms with Gasteiger partial charge in [0.25, 0.3) is 0 Å². The van der Waals surface area contributed by atoms with Crippen LogP contribution in [0.5, 0.6) is 0 Å². The molecule has 0 bridgehead atoms. The lowest BCUT2D eigenvalue weighted by molar-refractivity contribution is -0.166. The Morgan fingerprint density at radius 2 is 0.573 bits per heavy atom. The molecule has 420 valence electrons. The van der Waals surface area contributed by atoms with Gasteiger partial charge in [-0.1, -0.05) is 249 Å². The van der Waals surface area contributed by atoms with Gasteiger partial charge in [0.1, 0.15) is 13.2 Å². The van der Waals surface area contributed by atoms with E-state index in [-0.39, 0.29) is 44.4 Å². The lowest BCUT2D eigenvalue weighted by Crippen LogP contribution is -2.30. The first-order chi connectivity index (χ1) is 37.0. The van der Waals surface area contributed by atoms with Gasteiger partial charge in [0, 0.05) is 12.8 Å². The first kappa shape index (κ1) is 70.0. The van der Waals surface area contributed by atoms with Crippen molar-refractivity contribution in [3.05, 3.63) is 158 Å². The monoisotopic (exact) mass is 1030 g/mol. The number of esters is 3. The molecule has 1 unspecified atom stereocenters. The maximum absolute atomic E-state index is 12.9. The van der Waals surface area contributed by atoms with Crippen LogP contribution >= 0.6 is 0 Å². The first-order valence-corrected chi connectivity index (χ1v) is 30.0. The van der Waals surface area contributed by atoms with Crippen LogP contribution in [0, 0.1) is 0 Å². The number of ether oxygens (including phenoxy) is 3. The third kappa shape index (κ3) is 59.8. The predicted octanol–water partition coefficient (Wildman–Crippen LogP) is 20.5. The van der Waals surface area contributed by atoms with E-state index in [9.17, 15) is 14.4 Å². The van der Waals surface area contributed by atoms with Gasteiger partial charge >= 0.3 is 17.9 Å². The van der Waals surface area contributed by atoms with Crippen molar-refractivity contribution in [1.82, 2.24) is 0 Å². The van der Waals surface area contributed by atoms with Crippen LogP contribution in [0.4, 0.5) is 0 Å². The maximum Gasteiger partial charge on any atom is 0.309 e. The van der Waals surface area contributed by atoms with Crippen molar-refractivity contribution < 1.29 is 28.6 Å². The molecule has 0 aliphatic rings. The fourth-order valence-electron chi connectivity index (χ4n) is 7.61. The number of rotatable bonds is 52. The van der Waals surface area contributed by atoms with Crippen LogP contribution in [-0.2, 0) is 28.6 Å². The standard InChI is InChI=1S/C69H108O6/c1-4-7-10-13-16-19-22-25-28-30-32-34-36-38-41-44-47-50-53-56-59-62-68(71)74-65-66(64-73-67(70)61-58-55-52-49-46-43-40-27-24-21-18-15-12-9-6-3)75-69(72)63-60-57-54-51-48-45-42-39-37-35-33-31-29-26-23-20-17-14-11-8-5-2/h7,9-10,12,16,18-19,21,23,25-28,31-34,38,40-41,46-47,49-50,55,58,66H,4-6,8,11,13-15,17,20,22,24,29-30,35-37,39,42-45,48,51-54,56-57,59-65H2,1-3H3/b10-7-,12-9-,19-16-,21-18-,26-23-,28-25-,33-31-,34-32-,40-27-,41-38-,49-46-,50-47-,58-55-. The van der Waals surface area contributed by atoms with Crippen LogP contribution in [0.1, 0.15) is 239 Å². The van der Waals surface area contributed by atoms with E-state index in [4.69, 9.17) is 14.2 Å². The normalized spacial score (nSPS) is 13.3. The van der Waals surface area contributed by atoms with E-state index in [1.54, 1.807) is 6.08 Å². The summed E-state index contributed by atoms with van der Waals surface area (Å²) in [4.78, 5) is 38.2. The minimum Gasteiger partial charge on any atom is -0.462 e. The summed E-state index contributed by atoms with van der Waals surface area (Å²) in [5.74, 6) is -1.12. The highest BCUT2D eigenvalue weighted by Gasteiger charge is 2.19. The van der Waals surface area contributed by atoms with Crippen LogP contribution < -0.4 is 0 Å². The predicted molar refractivity (Wildman–Crippen MR) is 325 cm³/mol. The lowest BCUT2D eigenvalue weighted by atomic mass is 10.1. The average Bonchev–Trinajstić information content (AvgIpc) is 3.41. The van der Waals surface area contributed by atoms with Gasteiger partial charge in [-0.15, -0.1) is 0 Å². The zero-order chi connectivity index (χ0) is 54.3. The summed E-state index contributed by atoms with van der Waals surface area (Å²) in [5, 5.41) is 0. The molecule has 0 fully saturated rings. The quantitative estimate of drug-likeness (QED) is 0.0261. The van der Waals surface area contributed by atoms with Crippen molar-refractivity contribution in [2.24, 2.45) is 0 Å². The highest BCUT2D eigenvalue weighted by molar-refractivity contribution is 5.72. The Bertz CT molecular complexity index is 1710. The van der Waals surface area contributed by atoms with E-state index in [1.165, 1.54) is 83.5 Å². The fourth-order valence-corrected chi connectivity index (χ4v) is 7.61. The van der Waals surface area contributed by atoms with Gasteiger partial charge in [-0.25, -0.2) is 0 Å². The zero-order valence-corrected chi connectivity index (χ0v) is 48.0. The van der Waals surface area contributed by atoms with Gasteiger partial charge in [-0.05, 0) is 128 Å². The molecule has 0 aromatic heterocycles. The van der Waals surface area contributed by atoms with Crippen LogP contribution in [-0.4, -0.2) is 37.2 Å². The number of carbonyl (C=O) groups is 3. The van der Waals surface area contributed by atoms with Crippen molar-refractivity contribution in [2.45, 2.75) is 245 Å². The molecule has 0 saturated heterocycles. The van der Waals surface area contributed by atoms with Crippen LogP contribution in [0.3, 0.4) is 0 Å². The summed E-state index contributed by atoms with van der Waals surface area (Å²) in [6, 6.07) is 0. The molecule has 0 heterocycles. The van der Waals surface area contributed by atoms with Crippen molar-refractivity contribution in [1.29, 1.82) is 0 Å². The SMILES string of the molecule is CC/C=C\C/C=C\C/C=C\C/C=C\C/C=C\C/C=C\CCCCC(=O)OCC(COC(=O)C/C=C\C/C=C\C/C=C\C/C=C\C/C=C\CC)OC(=O)CCCCCCCCCCC/C=C\C/C=C\CCCCCCC. The van der Waals surface area contributed by atoms with E-state index in [1.807, 2.05) is 6.08 Å². The highest BCUT2D eigenvalue weighted by Crippen LogP contribution is 2.14. The zero-order valence-electron chi connectivity index (χ0n) is 48.0. The molecule has 0 aromatic rings. The van der Waals surface area contributed by atoms with Crippen molar-refractivity contribution >= 4 is 17.9 Å². The van der Waals surface area contributed by atoms with Crippen molar-refractivity contribution in [2.75, 3.05) is 13.2 Å². The van der Waals surface area contributed by atoms with Crippen LogP contribution in [0.15, 0.2) is 158 Å². The Hall–Kier alpha value is -4.97. The largest absolute Gasteiger partial charge is 0.462 e. The third-order valence-electron chi connectivity index (χ3n) is 12.0. The van der Waals surface area contributed by atoms with Gasteiger partial charge in [0.2, 0.25) is 0 Å². The molecular weight excluding hydrogens is 925 g/mol. The highest BCUT2D eigenvalue weighted by atomic mass is 16.6. The topological polar surface area (TPSA) is 78.9 Å². The second-order valence-electron chi connectivity index (χ2n) is 19.2. The van der Waals surface area contributed by atoms with Gasteiger partial charge < -0.3 is 14.2 Å². The molecule has 6 nitrogen and oxygen atoms in total. The van der Waals surface area contributed by atoms with Crippen LogP contribution in [0.2, 0.25) is 0 Å². The summed E-state index contributed by atoms with van der Waals surface area (Å²) >= 11 is 0. The summed E-state index contributed by atoms with van der Waals surface area (Å²) in [6.45, 7) is 6.26. The summed E-state index contributed by atoms with van der Waals surface area (Å²) < 4.78 is 16.7. The van der Waals surface area contributed by atoms with E-state index in [2.05, 4.69) is 167 Å². The number of unbranched alkanes of at least 4 members (excludes halogenated alkanes) is 16. The second kappa shape index (κ2) is 61.6. The minimum atomic E-state index is -0.847. The molecular formula is C69H108O6. The number of allylic oxidation sites excluding steroid dienone is 25. The molecule has 0 N–H and O–H groups in total. The van der Waals surface area contributed by atoms with Gasteiger partial charge in [0.15, 0.2) is 6.10 Å². The smallest absolute Gasteiger partial charge is 0.309 e. The number of carbonyl (C=O) groups excluding carboxylic acids is 3. The Kier molecular flexibility index (Phi) is 57.5. The summed E-state index contributed by atoms with van der Waals surface area (Å²) in [5.41, 5.74) is 0. The molecule has 0 aromatic carbocycles. The van der Waals surface area contributed by atoms with Crippen molar-refractivity contribution in [3.63, 3.8) is 0 Å². The van der Waals surface area contributed by atoms with E-state index < -0.39 is 12.1 Å². The molecule has 0 aliphatic carbocycles. The van der Waals surface area contributed by atoms with E-state index in [0.29, 0.717) is 6.42 Å². The molecule has 0 spiro atoms. The number of hydrogen-bond acceptors (Lipinski definition) is 6. The molecule has 0 rings (SSSR count). The molecule has 0 radical (unpaired) electrons. The van der Waals surface area contributed by atoms with Crippen LogP contribution in [0.25, 0.3) is 0 Å². The lowest BCUT2D eigenvalue weighted by Gasteiger charge is -2.18. The van der Waals surface area contributed by atoms with Gasteiger partial charge in [-0.3, -0.25) is 14.4 Å². The minimum absolute atomic E-state index is 0.111. The van der Waals surface area contributed by atoms with E-state index >= 15 is 0 Å². The summed E-state index contributed by atoms with van der Waals surface area (Å²) in [7, 11) is 0. The molecule has 0 saturated carbocycles. The molecule has 75 heavy (non-hydrogen) atoms. The fraction of sp³-hybridized carbons (Fsp3) is 0.580. The number of hydrogen-bond donors (Lipinski definition) is 0. The maximum atomic E-state index is 12.9. The Morgan fingerprint density at radius 1 is 0.293 bits per heavy atom. The Balaban J connectivity index is 4.58.